The average molecular weight is 497 g/mol. The molecule has 0 spiro atoms. The van der Waals surface area contributed by atoms with Crippen LogP contribution < -0.4 is 4.74 Å². The number of unbranched alkanes of at least 4 members (excludes halogenated alkanes) is 1. The Morgan fingerprint density at radius 1 is 1.11 bits per heavy atom. The summed E-state index contributed by atoms with van der Waals surface area (Å²) in [6.45, 7) is 9.06. The third-order valence-corrected chi connectivity index (χ3v) is 6.41. The molecule has 1 N–H and O–H groups in total. The normalized spacial score (nSPS) is 15.9. The fourth-order valence-corrected chi connectivity index (χ4v) is 4.29. The van der Waals surface area contributed by atoms with Gasteiger partial charge < -0.3 is 19.5 Å². The van der Waals surface area contributed by atoms with Crippen LogP contribution in [0, 0.1) is 11.3 Å². The van der Waals surface area contributed by atoms with Crippen molar-refractivity contribution >= 4 is 11.9 Å². The van der Waals surface area contributed by atoms with Crippen LogP contribution in [0.3, 0.4) is 0 Å². The fourth-order valence-electron chi connectivity index (χ4n) is 4.29. The van der Waals surface area contributed by atoms with E-state index in [9.17, 15) is 14.7 Å². The first-order valence-electron chi connectivity index (χ1n) is 12.9. The molecule has 0 bridgehead atoms. The van der Waals surface area contributed by atoms with Crippen molar-refractivity contribution in [2.45, 2.75) is 65.8 Å². The standard InChI is InChI=1S/C29H40N2O5/c1-29(2,3)12-16-35-17-14-31-21-24-19-26(36-15-7-5-9-25-8-4-6-13-30-25)11-10-22(24)18-23(28(31)34)20-27(32)33/h4,6,8,10-11,13,19,23H,5,7,9,12,14-18,20-21H2,1-3H3,(H,32,33)/t23-/m0/s1. The van der Waals surface area contributed by atoms with Gasteiger partial charge >= 0.3 is 5.97 Å². The van der Waals surface area contributed by atoms with Gasteiger partial charge in [0.15, 0.2) is 0 Å². The Bertz CT molecular complexity index is 987. The van der Waals surface area contributed by atoms with Crippen molar-refractivity contribution in [2.24, 2.45) is 11.3 Å². The number of ether oxygens (including phenoxy) is 2. The van der Waals surface area contributed by atoms with Crippen LogP contribution in [0.2, 0.25) is 0 Å². The molecule has 0 saturated heterocycles. The van der Waals surface area contributed by atoms with Gasteiger partial charge in [0.25, 0.3) is 0 Å². The minimum Gasteiger partial charge on any atom is -0.494 e. The SMILES string of the molecule is CC(C)(C)CCOCCN1Cc2cc(OCCCCc3ccccn3)ccc2C[C@@H](CC(=O)O)C1=O. The minimum atomic E-state index is -0.955. The Hall–Kier alpha value is -2.93. The number of carbonyl (C=O) groups excluding carboxylic acids is 1. The molecule has 2 heterocycles. The number of amides is 1. The number of aryl methyl sites for hydroxylation is 1. The summed E-state index contributed by atoms with van der Waals surface area (Å²) in [4.78, 5) is 30.7. The number of carbonyl (C=O) groups is 2. The molecule has 0 radical (unpaired) electrons. The number of pyridine rings is 1. The molecule has 1 aromatic heterocycles. The van der Waals surface area contributed by atoms with E-state index in [0.29, 0.717) is 39.3 Å². The molecule has 1 aliphatic rings. The first-order valence-corrected chi connectivity index (χ1v) is 12.9. The second kappa shape index (κ2) is 13.4. The second-order valence-corrected chi connectivity index (χ2v) is 10.7. The topological polar surface area (TPSA) is 89.0 Å². The van der Waals surface area contributed by atoms with E-state index >= 15 is 0 Å². The molecule has 0 aliphatic carbocycles. The van der Waals surface area contributed by atoms with Gasteiger partial charge in [0.1, 0.15) is 5.75 Å². The first-order chi connectivity index (χ1) is 17.2. The van der Waals surface area contributed by atoms with E-state index in [0.717, 1.165) is 48.3 Å². The maximum atomic E-state index is 13.2. The summed E-state index contributed by atoms with van der Waals surface area (Å²) in [6.07, 6.45) is 5.85. The van der Waals surface area contributed by atoms with Crippen LogP contribution in [-0.2, 0) is 33.7 Å². The number of hydrogen-bond acceptors (Lipinski definition) is 5. The maximum Gasteiger partial charge on any atom is 0.304 e. The quantitative estimate of drug-likeness (QED) is 0.396. The second-order valence-electron chi connectivity index (χ2n) is 10.7. The van der Waals surface area contributed by atoms with E-state index in [-0.39, 0.29) is 17.7 Å². The zero-order chi connectivity index (χ0) is 26.0. The van der Waals surface area contributed by atoms with Crippen molar-refractivity contribution in [1.82, 2.24) is 9.88 Å². The number of hydrogen-bond donors (Lipinski definition) is 1. The first kappa shape index (κ1) is 27.7. The lowest BCUT2D eigenvalue weighted by Gasteiger charge is -2.24. The van der Waals surface area contributed by atoms with Gasteiger partial charge in [-0.05, 0) is 72.9 Å². The lowest BCUT2D eigenvalue weighted by atomic mass is 9.93. The van der Waals surface area contributed by atoms with Crippen molar-refractivity contribution in [3.8, 4) is 5.75 Å². The number of fused-ring (bicyclic) bond motifs is 1. The summed E-state index contributed by atoms with van der Waals surface area (Å²) in [7, 11) is 0. The van der Waals surface area contributed by atoms with Crippen LogP contribution in [-0.4, -0.2) is 53.2 Å². The Morgan fingerprint density at radius 2 is 1.94 bits per heavy atom. The molecule has 7 heteroatoms. The molecule has 0 fully saturated rings. The number of rotatable bonds is 13. The predicted octanol–water partition coefficient (Wildman–Crippen LogP) is 4.91. The zero-order valence-corrected chi connectivity index (χ0v) is 21.9. The van der Waals surface area contributed by atoms with Crippen LogP contribution in [0.1, 0.15) is 63.3 Å². The number of benzene rings is 1. The number of aliphatic carboxylic acids is 1. The summed E-state index contributed by atoms with van der Waals surface area (Å²) in [5, 5.41) is 9.37. The van der Waals surface area contributed by atoms with Crippen LogP contribution >= 0.6 is 0 Å². The largest absolute Gasteiger partial charge is 0.494 e. The third-order valence-electron chi connectivity index (χ3n) is 6.41. The molecular formula is C29H40N2O5. The van der Waals surface area contributed by atoms with Crippen LogP contribution in [0.4, 0.5) is 0 Å². The number of carboxylic acid groups (broad SMARTS) is 1. The van der Waals surface area contributed by atoms with E-state index in [2.05, 4.69) is 25.8 Å². The van der Waals surface area contributed by atoms with Gasteiger partial charge in [-0.1, -0.05) is 32.9 Å². The molecule has 1 atom stereocenters. The third kappa shape index (κ3) is 9.26. The molecule has 1 aliphatic heterocycles. The summed E-state index contributed by atoms with van der Waals surface area (Å²) in [5.41, 5.74) is 3.30. The van der Waals surface area contributed by atoms with Crippen molar-refractivity contribution in [3.63, 3.8) is 0 Å². The molecule has 0 unspecified atom stereocenters. The van der Waals surface area contributed by atoms with Crippen molar-refractivity contribution in [1.29, 1.82) is 0 Å². The Kier molecular flexibility index (Phi) is 10.3. The highest BCUT2D eigenvalue weighted by molar-refractivity contribution is 5.84. The summed E-state index contributed by atoms with van der Waals surface area (Å²) in [5.74, 6) is -0.873. The highest BCUT2D eigenvalue weighted by atomic mass is 16.5. The molecule has 36 heavy (non-hydrogen) atoms. The highest BCUT2D eigenvalue weighted by Gasteiger charge is 2.31. The van der Waals surface area contributed by atoms with E-state index < -0.39 is 11.9 Å². The molecular weight excluding hydrogens is 456 g/mol. The van der Waals surface area contributed by atoms with E-state index in [1.807, 2.05) is 42.6 Å². The van der Waals surface area contributed by atoms with Crippen LogP contribution in [0.15, 0.2) is 42.6 Å². The Balaban J connectivity index is 1.58. The van der Waals surface area contributed by atoms with E-state index in [1.54, 1.807) is 4.90 Å². The molecule has 2 aromatic rings. The smallest absolute Gasteiger partial charge is 0.304 e. The minimum absolute atomic E-state index is 0.120. The average Bonchev–Trinajstić information content (AvgIpc) is 2.94. The molecule has 1 amide bonds. The number of nitrogens with zero attached hydrogens (tertiary/aromatic N) is 2. The summed E-state index contributed by atoms with van der Waals surface area (Å²) >= 11 is 0. The van der Waals surface area contributed by atoms with Crippen LogP contribution in [0.25, 0.3) is 0 Å². The molecule has 196 valence electrons. The number of aromatic nitrogens is 1. The number of carboxylic acids is 1. The molecule has 0 saturated carbocycles. The van der Waals surface area contributed by atoms with E-state index in [1.165, 1.54) is 0 Å². The lowest BCUT2D eigenvalue weighted by molar-refractivity contribution is -0.145. The van der Waals surface area contributed by atoms with E-state index in [4.69, 9.17) is 9.47 Å². The van der Waals surface area contributed by atoms with Gasteiger partial charge in [0, 0.05) is 31.6 Å². The van der Waals surface area contributed by atoms with Crippen molar-refractivity contribution in [3.05, 3.63) is 59.4 Å². The fraction of sp³-hybridized carbons (Fsp3) is 0.552. The molecule has 1 aromatic carbocycles. The van der Waals surface area contributed by atoms with Gasteiger partial charge in [0.2, 0.25) is 5.91 Å². The van der Waals surface area contributed by atoms with Crippen LogP contribution in [0.5, 0.6) is 5.75 Å². The Morgan fingerprint density at radius 3 is 2.67 bits per heavy atom. The van der Waals surface area contributed by atoms with Crippen molar-refractivity contribution < 1.29 is 24.2 Å². The van der Waals surface area contributed by atoms with Gasteiger partial charge in [0.05, 0.1) is 25.6 Å². The Labute approximate surface area is 214 Å². The lowest BCUT2D eigenvalue weighted by Crippen LogP contribution is -2.37. The monoisotopic (exact) mass is 496 g/mol. The van der Waals surface area contributed by atoms with Gasteiger partial charge in [-0.2, -0.15) is 0 Å². The maximum absolute atomic E-state index is 13.2. The zero-order valence-electron chi connectivity index (χ0n) is 21.9. The van der Waals surface area contributed by atoms with Crippen molar-refractivity contribution in [2.75, 3.05) is 26.4 Å². The molecule has 7 nitrogen and oxygen atoms in total. The van der Waals surface area contributed by atoms with Gasteiger partial charge in [-0.15, -0.1) is 0 Å². The highest BCUT2D eigenvalue weighted by Crippen LogP contribution is 2.28. The predicted molar refractivity (Wildman–Crippen MR) is 139 cm³/mol. The molecule has 3 rings (SSSR count). The van der Waals surface area contributed by atoms with Gasteiger partial charge in [-0.25, -0.2) is 0 Å². The van der Waals surface area contributed by atoms with Gasteiger partial charge in [-0.3, -0.25) is 14.6 Å². The summed E-state index contributed by atoms with van der Waals surface area (Å²) < 4.78 is 11.8. The summed E-state index contributed by atoms with van der Waals surface area (Å²) in [6, 6.07) is 11.9.